The molecule has 0 atom stereocenters. The lowest BCUT2D eigenvalue weighted by atomic mass is 9.89. The predicted molar refractivity (Wildman–Crippen MR) is 110 cm³/mol. The highest BCUT2D eigenvalue weighted by Gasteiger charge is 2.08. The molecule has 25 heavy (non-hydrogen) atoms. The van der Waals surface area contributed by atoms with E-state index in [-0.39, 0.29) is 0 Å². The fraction of sp³-hybridized carbons (Fsp3) is 0.957. The van der Waals surface area contributed by atoms with Crippen LogP contribution < -0.4 is 0 Å². The summed E-state index contributed by atoms with van der Waals surface area (Å²) in [5.41, 5.74) is 0.514. The smallest absolute Gasteiger partial charge is 0.303 e. The first kappa shape index (κ1) is 24.5. The molecule has 1 N–H and O–H groups in total. The molecule has 0 aliphatic heterocycles. The van der Waals surface area contributed by atoms with Crippen molar-refractivity contribution < 1.29 is 9.90 Å². The van der Waals surface area contributed by atoms with Crippen LogP contribution in [0.5, 0.6) is 0 Å². The highest BCUT2D eigenvalue weighted by atomic mass is 16.4. The first-order chi connectivity index (χ1) is 11.9. The van der Waals surface area contributed by atoms with Crippen LogP contribution in [0, 0.1) is 5.41 Å². The van der Waals surface area contributed by atoms with Crippen LogP contribution in [0.1, 0.15) is 136 Å². The maximum absolute atomic E-state index is 10.4. The van der Waals surface area contributed by atoms with Gasteiger partial charge in [0.25, 0.3) is 0 Å². The Morgan fingerprint density at radius 1 is 0.560 bits per heavy atom. The van der Waals surface area contributed by atoms with Gasteiger partial charge in [-0.05, 0) is 18.3 Å². The molecule has 0 aliphatic carbocycles. The van der Waals surface area contributed by atoms with Gasteiger partial charge in [-0.1, -0.05) is 117 Å². The molecule has 0 aliphatic rings. The molecule has 0 fully saturated rings. The van der Waals surface area contributed by atoms with Gasteiger partial charge in [0, 0.05) is 6.42 Å². The second-order valence-corrected chi connectivity index (χ2v) is 9.11. The van der Waals surface area contributed by atoms with Crippen LogP contribution in [-0.4, -0.2) is 11.1 Å². The van der Waals surface area contributed by atoms with Gasteiger partial charge in [0.2, 0.25) is 0 Å². The Morgan fingerprint density at radius 3 is 1.12 bits per heavy atom. The van der Waals surface area contributed by atoms with Crippen molar-refractivity contribution in [3.8, 4) is 0 Å². The summed E-state index contributed by atoms with van der Waals surface area (Å²) in [6.07, 6.45) is 23.1. The molecule has 150 valence electrons. The quantitative estimate of drug-likeness (QED) is 0.252. The van der Waals surface area contributed by atoms with E-state index >= 15 is 0 Å². The first-order valence-corrected chi connectivity index (χ1v) is 11.1. The zero-order valence-corrected chi connectivity index (χ0v) is 17.6. The molecule has 0 spiro atoms. The second kappa shape index (κ2) is 16.9. The number of carboxylic acids is 1. The zero-order valence-electron chi connectivity index (χ0n) is 17.6. The predicted octanol–water partition coefficient (Wildman–Crippen LogP) is 8.14. The highest BCUT2D eigenvalue weighted by Crippen LogP contribution is 2.22. The second-order valence-electron chi connectivity index (χ2n) is 9.11. The Morgan fingerprint density at radius 2 is 0.840 bits per heavy atom. The summed E-state index contributed by atoms with van der Waals surface area (Å²) < 4.78 is 0. The molecule has 0 aromatic heterocycles. The molecule has 0 aromatic rings. The first-order valence-electron chi connectivity index (χ1n) is 11.1. The number of unbranched alkanes of at least 4 members (excludes halogenated alkanes) is 15. The van der Waals surface area contributed by atoms with Crippen LogP contribution in [0.2, 0.25) is 0 Å². The Balaban J connectivity index is 3.04. The topological polar surface area (TPSA) is 37.3 Å². The largest absolute Gasteiger partial charge is 0.481 e. The van der Waals surface area contributed by atoms with Crippen LogP contribution in [0.15, 0.2) is 0 Å². The maximum Gasteiger partial charge on any atom is 0.303 e. The molecule has 0 bridgehead atoms. The lowest BCUT2D eigenvalue weighted by Gasteiger charge is -2.17. The molecule has 0 aromatic carbocycles. The number of rotatable bonds is 18. The number of hydrogen-bond donors (Lipinski definition) is 1. The van der Waals surface area contributed by atoms with Crippen LogP contribution >= 0.6 is 0 Å². The molecule has 0 saturated heterocycles. The summed E-state index contributed by atoms with van der Waals surface area (Å²) in [6.45, 7) is 7.03. The SMILES string of the molecule is CC(C)(C)CCCCCCCCCCCCCCCCCCC(=O)O. The van der Waals surface area contributed by atoms with E-state index < -0.39 is 5.97 Å². The van der Waals surface area contributed by atoms with Gasteiger partial charge in [-0.25, -0.2) is 0 Å². The van der Waals surface area contributed by atoms with Gasteiger partial charge < -0.3 is 5.11 Å². The summed E-state index contributed by atoms with van der Waals surface area (Å²) >= 11 is 0. The highest BCUT2D eigenvalue weighted by molar-refractivity contribution is 5.66. The van der Waals surface area contributed by atoms with E-state index in [0.29, 0.717) is 11.8 Å². The molecule has 0 unspecified atom stereocenters. The number of hydrogen-bond acceptors (Lipinski definition) is 1. The number of aliphatic carboxylic acids is 1. The monoisotopic (exact) mass is 354 g/mol. The third-order valence-corrected chi connectivity index (χ3v) is 5.07. The van der Waals surface area contributed by atoms with E-state index in [4.69, 9.17) is 5.11 Å². The van der Waals surface area contributed by atoms with Crippen LogP contribution in [0.4, 0.5) is 0 Å². The summed E-state index contributed by atoms with van der Waals surface area (Å²) in [4.78, 5) is 10.4. The molecule has 2 nitrogen and oxygen atoms in total. The van der Waals surface area contributed by atoms with Gasteiger partial charge in [-0.3, -0.25) is 4.79 Å². The zero-order chi connectivity index (χ0) is 18.8. The lowest BCUT2D eigenvalue weighted by Crippen LogP contribution is -2.03. The van der Waals surface area contributed by atoms with Gasteiger partial charge in [0.1, 0.15) is 0 Å². The summed E-state index contributed by atoms with van der Waals surface area (Å²) in [6, 6.07) is 0. The van der Waals surface area contributed by atoms with Gasteiger partial charge in [-0.2, -0.15) is 0 Å². The van der Waals surface area contributed by atoms with Crippen molar-refractivity contribution in [3.63, 3.8) is 0 Å². The van der Waals surface area contributed by atoms with Crippen LogP contribution in [-0.2, 0) is 4.79 Å². The van der Waals surface area contributed by atoms with Crippen molar-refractivity contribution in [2.45, 2.75) is 136 Å². The average Bonchev–Trinajstić information content (AvgIpc) is 2.52. The summed E-state index contributed by atoms with van der Waals surface area (Å²) in [5, 5.41) is 8.57. The molecule has 0 amide bonds. The molecule has 0 rings (SSSR count). The maximum atomic E-state index is 10.4. The van der Waals surface area contributed by atoms with Crippen molar-refractivity contribution in [1.82, 2.24) is 0 Å². The molecular formula is C23H46O2. The van der Waals surface area contributed by atoms with E-state index in [1.165, 1.54) is 96.3 Å². The minimum Gasteiger partial charge on any atom is -0.481 e. The van der Waals surface area contributed by atoms with Gasteiger partial charge in [0.15, 0.2) is 0 Å². The van der Waals surface area contributed by atoms with Gasteiger partial charge in [0.05, 0.1) is 0 Å². The van der Waals surface area contributed by atoms with Crippen molar-refractivity contribution in [3.05, 3.63) is 0 Å². The van der Waals surface area contributed by atoms with Crippen LogP contribution in [0.25, 0.3) is 0 Å². The summed E-state index contributed by atoms with van der Waals surface area (Å²) in [5.74, 6) is -0.652. The third kappa shape index (κ3) is 23.5. The van der Waals surface area contributed by atoms with E-state index in [1.807, 2.05) is 0 Å². The molecule has 0 radical (unpaired) electrons. The van der Waals surface area contributed by atoms with E-state index in [2.05, 4.69) is 20.8 Å². The van der Waals surface area contributed by atoms with Gasteiger partial charge in [-0.15, -0.1) is 0 Å². The molecule has 2 heteroatoms. The van der Waals surface area contributed by atoms with Crippen molar-refractivity contribution in [2.24, 2.45) is 5.41 Å². The number of carbonyl (C=O) groups is 1. The Labute approximate surface area is 158 Å². The van der Waals surface area contributed by atoms with Crippen molar-refractivity contribution >= 4 is 5.97 Å². The van der Waals surface area contributed by atoms with Gasteiger partial charge >= 0.3 is 5.97 Å². The summed E-state index contributed by atoms with van der Waals surface area (Å²) in [7, 11) is 0. The van der Waals surface area contributed by atoms with E-state index in [1.54, 1.807) is 0 Å². The molecule has 0 saturated carbocycles. The third-order valence-electron chi connectivity index (χ3n) is 5.07. The minimum atomic E-state index is -0.652. The van der Waals surface area contributed by atoms with E-state index in [9.17, 15) is 4.79 Å². The molecular weight excluding hydrogens is 308 g/mol. The standard InChI is InChI=1S/C23H46O2/c1-23(2,3)21-19-17-15-13-11-9-7-5-4-6-8-10-12-14-16-18-20-22(24)25/h4-21H2,1-3H3,(H,24,25). The Hall–Kier alpha value is -0.530. The minimum absolute atomic E-state index is 0.344. The fourth-order valence-corrected chi connectivity index (χ4v) is 3.41. The van der Waals surface area contributed by atoms with Crippen molar-refractivity contribution in [1.29, 1.82) is 0 Å². The molecule has 0 heterocycles. The Kier molecular flexibility index (Phi) is 16.6. The average molecular weight is 355 g/mol. The fourth-order valence-electron chi connectivity index (χ4n) is 3.41. The lowest BCUT2D eigenvalue weighted by molar-refractivity contribution is -0.137. The number of carboxylic acid groups (broad SMARTS) is 1. The van der Waals surface area contributed by atoms with E-state index in [0.717, 1.165) is 12.8 Å². The Bertz CT molecular complexity index is 291. The normalized spacial score (nSPS) is 11.8. The van der Waals surface area contributed by atoms with Crippen molar-refractivity contribution in [2.75, 3.05) is 0 Å². The van der Waals surface area contributed by atoms with Crippen LogP contribution in [0.3, 0.4) is 0 Å².